The smallest absolute Gasteiger partial charge is 0.377 e. The van der Waals surface area contributed by atoms with Gasteiger partial charge in [-0.3, -0.25) is 9.97 Å². The van der Waals surface area contributed by atoms with Crippen LogP contribution in [0.5, 0.6) is 0 Å². The number of hydrogen-bond donors (Lipinski definition) is 2. The molecule has 12 nitrogen and oxygen atoms in total. The number of rotatable bonds is 11. The van der Waals surface area contributed by atoms with Gasteiger partial charge >= 0.3 is 34.7 Å². The van der Waals surface area contributed by atoms with Gasteiger partial charge in [-0.1, -0.05) is 0 Å². The SMILES string of the molecule is CO[Si](CCC(n1c(=O)[nH]c(=O)[nH]c1=O)[Si](OC)(OC)OC)(OC)OC. The number of H-pyrrole nitrogens is 2. The lowest BCUT2D eigenvalue weighted by Crippen LogP contribution is -2.59. The summed E-state index contributed by atoms with van der Waals surface area (Å²) in [7, 11) is 1.84. The molecule has 0 aliphatic rings. The van der Waals surface area contributed by atoms with Crippen LogP contribution < -0.4 is 17.1 Å². The fourth-order valence-corrected chi connectivity index (χ4v) is 7.11. The summed E-state index contributed by atoms with van der Waals surface area (Å²) in [5, 5.41) is 0. The van der Waals surface area contributed by atoms with E-state index in [4.69, 9.17) is 26.6 Å². The van der Waals surface area contributed by atoms with Crippen LogP contribution in [0.1, 0.15) is 12.1 Å². The highest BCUT2D eigenvalue weighted by molar-refractivity contribution is 6.63. The van der Waals surface area contributed by atoms with Crippen LogP contribution in [0.15, 0.2) is 14.4 Å². The summed E-state index contributed by atoms with van der Waals surface area (Å²) >= 11 is 0. The van der Waals surface area contributed by atoms with E-state index in [1.807, 2.05) is 9.97 Å². The Balaban J connectivity index is 3.49. The van der Waals surface area contributed by atoms with Crippen molar-refractivity contribution in [3.63, 3.8) is 0 Å². The molecule has 0 spiro atoms. The number of nitrogens with zero attached hydrogens (tertiary/aromatic N) is 1. The van der Waals surface area contributed by atoms with E-state index in [1.165, 1.54) is 42.7 Å². The standard InChI is InChI=1S/C12H25N3O9Si2/c1-19-25(20-2,21-3)8-7-9(26(22-4,23-5)24-6)15-11(17)13-10(16)14-12(15)18/h9H,7-8H2,1-6H3,(H2,13,14,16,17,18). The Bertz CT molecular complexity index is 688. The van der Waals surface area contributed by atoms with Gasteiger partial charge in [0.15, 0.2) is 0 Å². The van der Waals surface area contributed by atoms with E-state index in [0.717, 1.165) is 4.57 Å². The molecule has 14 heteroatoms. The number of nitrogens with one attached hydrogen (secondary N) is 2. The van der Waals surface area contributed by atoms with Crippen molar-refractivity contribution in [1.82, 2.24) is 14.5 Å². The molecule has 1 aromatic rings. The Hall–Kier alpha value is -1.40. The first kappa shape index (κ1) is 22.6. The lowest BCUT2D eigenvalue weighted by molar-refractivity contribution is 0.0939. The van der Waals surface area contributed by atoms with Crippen molar-refractivity contribution < 1.29 is 26.6 Å². The first-order valence-electron chi connectivity index (χ1n) is 7.54. The maximum atomic E-state index is 12.3. The molecule has 150 valence electrons. The van der Waals surface area contributed by atoms with Crippen LogP contribution in [-0.2, 0) is 26.6 Å². The maximum Gasteiger partial charge on any atom is 0.524 e. The van der Waals surface area contributed by atoms with Gasteiger partial charge in [0.2, 0.25) is 0 Å². The number of hydrogen-bond acceptors (Lipinski definition) is 9. The molecule has 0 aromatic carbocycles. The molecule has 0 radical (unpaired) electrons. The van der Waals surface area contributed by atoms with Crippen LogP contribution >= 0.6 is 0 Å². The molecule has 1 rings (SSSR count). The zero-order valence-corrected chi connectivity index (χ0v) is 17.6. The molecule has 0 aliphatic heterocycles. The lowest BCUT2D eigenvalue weighted by Gasteiger charge is -2.34. The molecule has 1 unspecified atom stereocenters. The first-order chi connectivity index (χ1) is 12.3. The van der Waals surface area contributed by atoms with Gasteiger partial charge in [0, 0.05) is 48.7 Å². The molecular formula is C12H25N3O9Si2. The van der Waals surface area contributed by atoms with E-state index in [9.17, 15) is 14.4 Å². The van der Waals surface area contributed by atoms with E-state index in [1.54, 1.807) is 0 Å². The second-order valence-corrected chi connectivity index (χ2v) is 11.3. The van der Waals surface area contributed by atoms with Crippen LogP contribution in [-0.4, -0.2) is 74.8 Å². The summed E-state index contributed by atoms with van der Waals surface area (Å²) in [6.45, 7) is 0. The summed E-state index contributed by atoms with van der Waals surface area (Å²) < 4.78 is 33.3. The largest absolute Gasteiger partial charge is 0.524 e. The van der Waals surface area contributed by atoms with Gasteiger partial charge in [-0.2, -0.15) is 0 Å². The van der Waals surface area contributed by atoms with Gasteiger partial charge in [0.25, 0.3) is 0 Å². The predicted octanol–water partition coefficient (Wildman–Crippen LogP) is -1.55. The third-order valence-corrected chi connectivity index (χ3v) is 9.95. The van der Waals surface area contributed by atoms with Gasteiger partial charge < -0.3 is 26.6 Å². The molecule has 0 amide bonds. The van der Waals surface area contributed by atoms with Crippen molar-refractivity contribution in [3.8, 4) is 0 Å². The highest BCUT2D eigenvalue weighted by Crippen LogP contribution is 2.29. The van der Waals surface area contributed by atoms with Gasteiger partial charge in [-0.15, -0.1) is 0 Å². The number of aromatic amines is 2. The quantitative estimate of drug-likeness (QED) is 0.414. The molecule has 1 atom stereocenters. The average molecular weight is 412 g/mol. The van der Waals surface area contributed by atoms with E-state index < -0.39 is 40.3 Å². The Morgan fingerprint density at radius 2 is 1.23 bits per heavy atom. The summed E-state index contributed by atoms with van der Waals surface area (Å²) in [6, 6.07) is 0.233. The Morgan fingerprint density at radius 3 is 1.58 bits per heavy atom. The Morgan fingerprint density at radius 1 is 0.808 bits per heavy atom. The molecule has 1 aromatic heterocycles. The highest BCUT2D eigenvalue weighted by atomic mass is 28.4. The van der Waals surface area contributed by atoms with Crippen molar-refractivity contribution in [2.75, 3.05) is 42.7 Å². The van der Waals surface area contributed by atoms with Crippen molar-refractivity contribution in [2.45, 2.75) is 18.1 Å². The summed E-state index contributed by atoms with van der Waals surface area (Å²) in [5.74, 6) is 0. The van der Waals surface area contributed by atoms with E-state index in [0.29, 0.717) is 0 Å². The third-order valence-electron chi connectivity index (χ3n) is 4.11. The van der Waals surface area contributed by atoms with Gasteiger partial charge in [-0.25, -0.2) is 19.0 Å². The summed E-state index contributed by atoms with van der Waals surface area (Å²) in [4.78, 5) is 39.9. The molecule has 0 fully saturated rings. The molecule has 0 aliphatic carbocycles. The van der Waals surface area contributed by atoms with E-state index in [2.05, 4.69) is 0 Å². The number of aromatic nitrogens is 3. The zero-order chi connectivity index (χ0) is 20.0. The molecule has 0 saturated heterocycles. The monoisotopic (exact) mass is 411 g/mol. The van der Waals surface area contributed by atoms with E-state index in [-0.39, 0.29) is 12.5 Å². The van der Waals surface area contributed by atoms with Crippen molar-refractivity contribution in [1.29, 1.82) is 0 Å². The van der Waals surface area contributed by atoms with Crippen LogP contribution in [0, 0.1) is 0 Å². The van der Waals surface area contributed by atoms with E-state index >= 15 is 0 Å². The predicted molar refractivity (Wildman–Crippen MR) is 94.0 cm³/mol. The molecule has 0 bridgehead atoms. The molecule has 2 N–H and O–H groups in total. The average Bonchev–Trinajstić information content (AvgIpc) is 2.63. The first-order valence-corrected chi connectivity index (χ1v) is 11.3. The molecule has 0 saturated carbocycles. The van der Waals surface area contributed by atoms with Crippen LogP contribution in [0.4, 0.5) is 0 Å². The highest BCUT2D eigenvalue weighted by Gasteiger charge is 2.52. The topological polar surface area (TPSA) is 143 Å². The van der Waals surface area contributed by atoms with Gasteiger partial charge in [-0.05, 0) is 6.42 Å². The zero-order valence-electron chi connectivity index (χ0n) is 15.6. The van der Waals surface area contributed by atoms with Crippen molar-refractivity contribution in [2.24, 2.45) is 0 Å². The molecular weight excluding hydrogens is 386 g/mol. The Kier molecular flexibility index (Phi) is 8.29. The fourth-order valence-electron chi connectivity index (χ4n) is 2.71. The fraction of sp³-hybridized carbons (Fsp3) is 0.750. The normalized spacial score (nSPS) is 13.8. The Labute approximate surface area is 151 Å². The van der Waals surface area contributed by atoms with Gasteiger partial charge in [0.05, 0.1) is 0 Å². The second kappa shape index (κ2) is 9.51. The minimum absolute atomic E-state index is 0.137. The maximum absolute atomic E-state index is 12.3. The van der Waals surface area contributed by atoms with Crippen LogP contribution in [0.2, 0.25) is 6.04 Å². The van der Waals surface area contributed by atoms with Crippen LogP contribution in [0.3, 0.4) is 0 Å². The van der Waals surface area contributed by atoms with Gasteiger partial charge in [0.1, 0.15) is 5.67 Å². The van der Waals surface area contributed by atoms with Crippen molar-refractivity contribution in [3.05, 3.63) is 31.5 Å². The molecule has 1 heterocycles. The minimum Gasteiger partial charge on any atom is -0.377 e. The van der Waals surface area contributed by atoms with Crippen LogP contribution in [0.25, 0.3) is 0 Å². The molecule has 26 heavy (non-hydrogen) atoms. The lowest BCUT2D eigenvalue weighted by atomic mass is 10.4. The van der Waals surface area contributed by atoms with Crippen molar-refractivity contribution >= 4 is 17.6 Å². The summed E-state index contributed by atoms with van der Waals surface area (Å²) in [5.41, 5.74) is -3.69. The third kappa shape index (κ3) is 4.47. The second-order valence-electron chi connectivity index (χ2n) is 5.13. The minimum atomic E-state index is -3.53. The summed E-state index contributed by atoms with van der Waals surface area (Å²) in [6.07, 6.45) is 0.137.